The Labute approximate surface area is 160 Å². The van der Waals surface area contributed by atoms with Gasteiger partial charge in [-0.1, -0.05) is 17.7 Å². The van der Waals surface area contributed by atoms with Crippen molar-refractivity contribution in [3.63, 3.8) is 0 Å². The van der Waals surface area contributed by atoms with E-state index in [1.54, 1.807) is 35.5 Å². The first-order valence-corrected chi connectivity index (χ1v) is 8.67. The number of hydrogen-bond acceptors (Lipinski definition) is 4. The second kappa shape index (κ2) is 7.48. The average molecular weight is 400 g/mol. The van der Waals surface area contributed by atoms with Crippen LogP contribution < -0.4 is 14.5 Å². The fraction of sp³-hybridized carbons (Fsp3) is 0.316. The summed E-state index contributed by atoms with van der Waals surface area (Å²) < 4.78 is 44.6. The van der Waals surface area contributed by atoms with Crippen LogP contribution in [0.3, 0.4) is 0 Å². The summed E-state index contributed by atoms with van der Waals surface area (Å²) in [6.45, 7) is 3.71. The van der Waals surface area contributed by atoms with Gasteiger partial charge in [-0.3, -0.25) is 0 Å². The number of methoxy groups -OCH3 is 1. The Bertz CT molecular complexity index is 829. The summed E-state index contributed by atoms with van der Waals surface area (Å²) in [5.74, 6) is 0.529. The third-order valence-corrected chi connectivity index (χ3v) is 4.76. The van der Waals surface area contributed by atoms with Gasteiger partial charge in [-0.05, 0) is 42.8 Å². The summed E-state index contributed by atoms with van der Waals surface area (Å²) in [6.07, 6.45) is -4.43. The van der Waals surface area contributed by atoms with E-state index in [2.05, 4.69) is 0 Å². The predicted molar refractivity (Wildman–Crippen MR) is 99.0 cm³/mol. The molecule has 1 atom stereocenters. The smallest absolute Gasteiger partial charge is 0.416 e. The first-order valence-electron chi connectivity index (χ1n) is 8.29. The minimum absolute atomic E-state index is 0.126. The Morgan fingerprint density at radius 2 is 1.89 bits per heavy atom. The van der Waals surface area contributed by atoms with Crippen molar-refractivity contribution >= 4 is 23.0 Å². The van der Waals surface area contributed by atoms with Gasteiger partial charge in [0.2, 0.25) is 0 Å². The molecule has 1 N–H and O–H groups in total. The number of anilines is 2. The van der Waals surface area contributed by atoms with Crippen LogP contribution in [0.1, 0.15) is 18.1 Å². The van der Waals surface area contributed by atoms with E-state index in [9.17, 15) is 18.3 Å². The Hall–Kier alpha value is -2.12. The number of hydrogen-bond donors (Lipinski definition) is 1. The molecule has 145 valence electrons. The number of rotatable bonds is 5. The Kier molecular flexibility index (Phi) is 5.44. The van der Waals surface area contributed by atoms with Crippen LogP contribution in [0.5, 0.6) is 5.75 Å². The summed E-state index contributed by atoms with van der Waals surface area (Å²) in [6, 6.07) is 8.59. The first kappa shape index (κ1) is 19.6. The summed E-state index contributed by atoms with van der Waals surface area (Å²) in [5, 5.41) is 9.91. The zero-order valence-corrected chi connectivity index (χ0v) is 15.6. The van der Waals surface area contributed by atoms with E-state index in [0.29, 0.717) is 28.7 Å². The number of aliphatic hydroxyl groups is 1. The maximum absolute atomic E-state index is 13.2. The molecule has 0 spiro atoms. The molecule has 0 saturated carbocycles. The number of fused-ring (bicyclic) bond motifs is 1. The predicted octanol–water partition coefficient (Wildman–Crippen LogP) is 4.69. The van der Waals surface area contributed by atoms with Gasteiger partial charge in [-0.25, -0.2) is 0 Å². The molecule has 0 unspecified atom stereocenters. The van der Waals surface area contributed by atoms with Gasteiger partial charge in [0.1, 0.15) is 12.4 Å². The summed E-state index contributed by atoms with van der Waals surface area (Å²) in [7, 11) is 1.51. The van der Waals surface area contributed by atoms with Gasteiger partial charge >= 0.3 is 6.18 Å². The van der Waals surface area contributed by atoms with E-state index < -0.39 is 11.7 Å². The fourth-order valence-corrected chi connectivity index (χ4v) is 3.27. The van der Waals surface area contributed by atoms with E-state index in [-0.39, 0.29) is 12.6 Å². The number of alkyl halides is 3. The number of nitrogens with zero attached hydrogens (tertiary/aromatic N) is 2. The SMILES string of the molecule is COc1ccc(CN2[CH]N([C@H](C)CO)c3ccc(C(F)(F)F)cc32)cc1Cl. The third kappa shape index (κ3) is 3.94. The molecule has 2 aromatic carbocycles. The van der Waals surface area contributed by atoms with Crippen LogP contribution in [0, 0.1) is 6.67 Å². The minimum atomic E-state index is -4.43. The Morgan fingerprint density at radius 3 is 2.48 bits per heavy atom. The standard InChI is InChI=1S/C19H19ClF3N2O2/c1-12(10-26)25-11-24(9-13-3-6-18(27-2)15(20)7-13)17-8-14(19(21,22)23)4-5-16(17)25/h3-8,11-12,26H,9-10H2,1-2H3/t12-/m1/s1. The summed E-state index contributed by atoms with van der Waals surface area (Å²) in [4.78, 5) is 3.48. The molecule has 1 aliphatic heterocycles. The van der Waals surface area contributed by atoms with Gasteiger partial charge in [-0.2, -0.15) is 13.2 Å². The van der Waals surface area contributed by atoms with E-state index in [0.717, 1.165) is 17.7 Å². The lowest BCUT2D eigenvalue weighted by molar-refractivity contribution is -0.137. The first-order chi connectivity index (χ1) is 12.7. The van der Waals surface area contributed by atoms with E-state index >= 15 is 0 Å². The number of aliphatic hydroxyl groups excluding tert-OH is 1. The third-order valence-electron chi connectivity index (χ3n) is 4.46. The molecule has 3 rings (SSSR count). The average Bonchev–Trinajstić information content (AvgIpc) is 2.98. The van der Waals surface area contributed by atoms with Crippen LogP contribution >= 0.6 is 11.6 Å². The molecule has 0 saturated heterocycles. The maximum Gasteiger partial charge on any atom is 0.416 e. The molecule has 1 radical (unpaired) electrons. The van der Waals surface area contributed by atoms with Crippen LogP contribution in [0.4, 0.5) is 24.5 Å². The monoisotopic (exact) mass is 399 g/mol. The van der Waals surface area contributed by atoms with Crippen molar-refractivity contribution < 1.29 is 23.0 Å². The normalized spacial score (nSPS) is 15.1. The molecule has 4 nitrogen and oxygen atoms in total. The van der Waals surface area contributed by atoms with E-state index in [1.165, 1.54) is 13.2 Å². The topological polar surface area (TPSA) is 35.9 Å². The molecule has 0 amide bonds. The van der Waals surface area contributed by atoms with Crippen molar-refractivity contribution in [2.24, 2.45) is 0 Å². The highest BCUT2D eigenvalue weighted by Crippen LogP contribution is 2.43. The Morgan fingerprint density at radius 1 is 1.15 bits per heavy atom. The Balaban J connectivity index is 1.96. The fourth-order valence-electron chi connectivity index (χ4n) is 2.99. The van der Waals surface area contributed by atoms with Crippen molar-refractivity contribution in [3.8, 4) is 5.75 Å². The molecule has 0 bridgehead atoms. The largest absolute Gasteiger partial charge is 0.495 e. The lowest BCUT2D eigenvalue weighted by Crippen LogP contribution is -2.34. The highest BCUT2D eigenvalue weighted by molar-refractivity contribution is 6.32. The van der Waals surface area contributed by atoms with Crippen molar-refractivity contribution in [1.82, 2.24) is 0 Å². The molecule has 1 aliphatic rings. The van der Waals surface area contributed by atoms with Gasteiger partial charge in [0, 0.05) is 6.54 Å². The number of benzene rings is 2. The molecule has 2 aromatic rings. The van der Waals surface area contributed by atoms with Crippen molar-refractivity contribution in [3.05, 3.63) is 59.2 Å². The van der Waals surface area contributed by atoms with Gasteiger partial charge in [0.25, 0.3) is 0 Å². The molecule has 8 heteroatoms. The van der Waals surface area contributed by atoms with Crippen LogP contribution in [0.15, 0.2) is 36.4 Å². The molecule has 0 aromatic heterocycles. The zero-order chi connectivity index (χ0) is 19.8. The highest BCUT2D eigenvalue weighted by Gasteiger charge is 2.35. The second-order valence-electron chi connectivity index (χ2n) is 6.35. The summed E-state index contributed by atoms with van der Waals surface area (Å²) >= 11 is 6.16. The van der Waals surface area contributed by atoms with Gasteiger partial charge in [0.05, 0.1) is 41.7 Å². The second-order valence-corrected chi connectivity index (χ2v) is 6.76. The summed E-state index contributed by atoms with van der Waals surface area (Å²) in [5.41, 5.74) is 1.14. The van der Waals surface area contributed by atoms with Crippen molar-refractivity contribution in [2.75, 3.05) is 23.5 Å². The molecular formula is C19H19ClF3N2O2. The number of ether oxygens (including phenoxy) is 1. The van der Waals surface area contributed by atoms with Crippen LogP contribution in [0.25, 0.3) is 0 Å². The maximum atomic E-state index is 13.2. The molecule has 0 aliphatic carbocycles. The van der Waals surface area contributed by atoms with E-state index in [4.69, 9.17) is 16.3 Å². The number of halogens is 4. The zero-order valence-electron chi connectivity index (χ0n) is 14.8. The lowest BCUT2D eigenvalue weighted by Gasteiger charge is -2.25. The van der Waals surface area contributed by atoms with Gasteiger partial charge in [0.15, 0.2) is 0 Å². The van der Waals surface area contributed by atoms with Gasteiger partial charge < -0.3 is 19.6 Å². The van der Waals surface area contributed by atoms with Crippen molar-refractivity contribution in [1.29, 1.82) is 0 Å². The molecular weight excluding hydrogens is 381 g/mol. The minimum Gasteiger partial charge on any atom is -0.495 e. The quantitative estimate of drug-likeness (QED) is 0.791. The highest BCUT2D eigenvalue weighted by atomic mass is 35.5. The van der Waals surface area contributed by atoms with Gasteiger partial charge in [-0.15, -0.1) is 0 Å². The van der Waals surface area contributed by atoms with Crippen LogP contribution in [0.2, 0.25) is 5.02 Å². The molecule has 0 fully saturated rings. The van der Waals surface area contributed by atoms with Crippen molar-refractivity contribution in [2.45, 2.75) is 25.7 Å². The molecule has 27 heavy (non-hydrogen) atoms. The molecule has 1 heterocycles. The lowest BCUT2D eigenvalue weighted by atomic mass is 10.1. The van der Waals surface area contributed by atoms with Crippen LogP contribution in [-0.4, -0.2) is 24.9 Å². The van der Waals surface area contributed by atoms with Crippen LogP contribution in [-0.2, 0) is 12.7 Å². The van der Waals surface area contributed by atoms with E-state index in [1.807, 2.05) is 6.07 Å².